The zero-order valence-electron chi connectivity index (χ0n) is 14.9. The third-order valence-electron chi connectivity index (χ3n) is 4.44. The number of aliphatic hydroxyl groups excluding tert-OH is 1. The molecular formula is C20H18FN5O2. The van der Waals surface area contributed by atoms with E-state index in [0.29, 0.717) is 28.7 Å². The van der Waals surface area contributed by atoms with E-state index < -0.39 is 5.82 Å². The molecule has 1 fully saturated rings. The van der Waals surface area contributed by atoms with Crippen LogP contribution in [0.25, 0.3) is 11.0 Å². The largest absolute Gasteiger partial charge is 0.395 e. The number of hydrogen-bond donors (Lipinski definition) is 3. The molecule has 1 aliphatic carbocycles. The maximum Gasteiger partial charge on any atom is 0.251 e. The van der Waals surface area contributed by atoms with Crippen molar-refractivity contribution in [1.29, 1.82) is 0 Å². The van der Waals surface area contributed by atoms with Gasteiger partial charge >= 0.3 is 0 Å². The number of hydrogen-bond acceptors (Lipinski definition) is 5. The van der Waals surface area contributed by atoms with Gasteiger partial charge in [-0.05, 0) is 31.0 Å². The van der Waals surface area contributed by atoms with Crippen molar-refractivity contribution in [2.24, 2.45) is 0 Å². The van der Waals surface area contributed by atoms with Gasteiger partial charge in [-0.1, -0.05) is 11.8 Å². The Balaban J connectivity index is 1.71. The van der Waals surface area contributed by atoms with Crippen LogP contribution >= 0.6 is 0 Å². The van der Waals surface area contributed by atoms with Gasteiger partial charge in [0.2, 0.25) is 0 Å². The number of carbonyl (C=O) groups excluding carboxylic acids is 1. The molecule has 4 N–H and O–H groups in total. The molecule has 1 aliphatic rings. The Morgan fingerprint density at radius 1 is 1.32 bits per heavy atom. The molecule has 28 heavy (non-hydrogen) atoms. The zero-order chi connectivity index (χ0) is 19.7. The Kier molecular flexibility index (Phi) is 4.67. The van der Waals surface area contributed by atoms with Crippen molar-refractivity contribution < 1.29 is 14.3 Å². The fraction of sp³-hybridized carbons (Fsp3) is 0.250. The highest BCUT2D eigenvalue weighted by atomic mass is 19.1. The Labute approximate surface area is 160 Å². The average molecular weight is 379 g/mol. The summed E-state index contributed by atoms with van der Waals surface area (Å²) in [6.07, 6.45) is 4.98. The van der Waals surface area contributed by atoms with Crippen molar-refractivity contribution in [3.05, 3.63) is 53.2 Å². The fourth-order valence-corrected chi connectivity index (χ4v) is 2.95. The quantitative estimate of drug-likeness (QED) is 0.595. The summed E-state index contributed by atoms with van der Waals surface area (Å²) in [5, 5.41) is 12.6. The minimum Gasteiger partial charge on any atom is -0.395 e. The predicted molar refractivity (Wildman–Crippen MR) is 102 cm³/mol. The van der Waals surface area contributed by atoms with Crippen LogP contribution in [0.4, 0.5) is 10.2 Å². The number of nitrogens with zero attached hydrogens (tertiary/aromatic N) is 3. The summed E-state index contributed by atoms with van der Waals surface area (Å²) in [5.74, 6) is 5.28. The van der Waals surface area contributed by atoms with E-state index in [1.54, 1.807) is 16.8 Å². The van der Waals surface area contributed by atoms with Crippen LogP contribution in [-0.4, -0.2) is 38.2 Å². The zero-order valence-corrected chi connectivity index (χ0v) is 14.9. The summed E-state index contributed by atoms with van der Waals surface area (Å²) in [6.45, 7) is 0.268. The van der Waals surface area contributed by atoms with Gasteiger partial charge in [-0.15, -0.1) is 0 Å². The van der Waals surface area contributed by atoms with Gasteiger partial charge < -0.3 is 20.7 Å². The molecule has 8 heteroatoms. The second-order valence-electron chi connectivity index (χ2n) is 6.64. The molecule has 1 saturated carbocycles. The third-order valence-corrected chi connectivity index (χ3v) is 4.44. The Morgan fingerprint density at radius 2 is 2.14 bits per heavy atom. The van der Waals surface area contributed by atoms with Crippen molar-refractivity contribution >= 4 is 22.8 Å². The summed E-state index contributed by atoms with van der Waals surface area (Å²) < 4.78 is 15.7. The van der Waals surface area contributed by atoms with Crippen LogP contribution in [0.15, 0.2) is 30.7 Å². The van der Waals surface area contributed by atoms with Crippen molar-refractivity contribution in [2.75, 3.05) is 12.3 Å². The normalized spacial score (nSPS) is 13.2. The molecule has 2 aromatic heterocycles. The van der Waals surface area contributed by atoms with Crippen molar-refractivity contribution in [3.8, 4) is 11.8 Å². The molecule has 7 nitrogen and oxygen atoms in total. The summed E-state index contributed by atoms with van der Waals surface area (Å²) in [4.78, 5) is 20.4. The lowest BCUT2D eigenvalue weighted by atomic mass is 10.1. The highest BCUT2D eigenvalue weighted by molar-refractivity contribution is 5.95. The molecule has 4 rings (SSSR count). The predicted octanol–water partition coefficient (Wildman–Crippen LogP) is 1.44. The fourth-order valence-electron chi connectivity index (χ4n) is 2.95. The smallest absolute Gasteiger partial charge is 0.251 e. The number of aliphatic hydroxyl groups is 1. The topological polar surface area (TPSA) is 106 Å². The van der Waals surface area contributed by atoms with Crippen LogP contribution < -0.4 is 11.1 Å². The van der Waals surface area contributed by atoms with E-state index in [-0.39, 0.29) is 29.9 Å². The first kappa shape index (κ1) is 17.9. The number of halogens is 1. The van der Waals surface area contributed by atoms with Gasteiger partial charge in [-0.3, -0.25) is 4.79 Å². The van der Waals surface area contributed by atoms with Crippen LogP contribution in [0.1, 0.15) is 34.3 Å². The molecule has 142 valence electrons. The van der Waals surface area contributed by atoms with E-state index in [1.807, 2.05) is 0 Å². The van der Waals surface area contributed by atoms with E-state index in [9.17, 15) is 14.3 Å². The molecule has 0 spiro atoms. The lowest BCUT2D eigenvalue weighted by Crippen LogP contribution is -2.25. The molecule has 0 aliphatic heterocycles. The van der Waals surface area contributed by atoms with Crippen LogP contribution in [0.3, 0.4) is 0 Å². The highest BCUT2D eigenvalue weighted by Gasteiger charge is 2.24. The number of nitrogens with one attached hydrogen (secondary N) is 1. The first-order valence-electron chi connectivity index (χ1n) is 8.89. The van der Waals surface area contributed by atoms with Crippen molar-refractivity contribution in [2.45, 2.75) is 25.4 Å². The first-order chi connectivity index (χ1) is 13.5. The van der Waals surface area contributed by atoms with Gasteiger partial charge in [0.25, 0.3) is 5.91 Å². The summed E-state index contributed by atoms with van der Waals surface area (Å²) >= 11 is 0. The monoisotopic (exact) mass is 379 g/mol. The second kappa shape index (κ2) is 7.29. The lowest BCUT2D eigenvalue weighted by molar-refractivity contribution is 0.0950. The van der Waals surface area contributed by atoms with E-state index in [4.69, 9.17) is 5.73 Å². The van der Waals surface area contributed by atoms with Gasteiger partial charge in [0.1, 0.15) is 23.6 Å². The molecule has 0 unspecified atom stereocenters. The molecular weight excluding hydrogens is 361 g/mol. The standard InChI is InChI=1S/C20H18FN5O2/c21-15-8-12(7-14(9-15)20(28)25-16-3-4-16)1-2-13-10-26(5-6-27)19-17(13)18(22)23-11-24-19/h7-11,16,27H,3-6H2,(H,25,28)(H2,22,23,24). The van der Waals surface area contributed by atoms with Crippen molar-refractivity contribution in [1.82, 2.24) is 19.9 Å². The lowest BCUT2D eigenvalue weighted by Gasteiger charge is -2.04. The number of nitrogen functional groups attached to an aromatic ring is 1. The number of rotatable bonds is 4. The number of carbonyl (C=O) groups is 1. The van der Waals surface area contributed by atoms with Crippen LogP contribution in [0.2, 0.25) is 0 Å². The van der Waals surface area contributed by atoms with Gasteiger partial charge in [0.05, 0.1) is 17.6 Å². The molecule has 3 aromatic rings. The first-order valence-corrected chi connectivity index (χ1v) is 8.89. The van der Waals surface area contributed by atoms with E-state index >= 15 is 0 Å². The summed E-state index contributed by atoms with van der Waals surface area (Å²) in [5.41, 5.74) is 7.71. The molecule has 1 amide bonds. The minimum absolute atomic E-state index is 0.0656. The van der Waals surface area contributed by atoms with Gasteiger partial charge in [-0.25, -0.2) is 14.4 Å². The molecule has 0 radical (unpaired) electrons. The van der Waals surface area contributed by atoms with Crippen LogP contribution in [0.5, 0.6) is 0 Å². The number of benzene rings is 1. The second-order valence-corrected chi connectivity index (χ2v) is 6.64. The molecule has 1 aromatic carbocycles. The van der Waals surface area contributed by atoms with Crippen LogP contribution in [-0.2, 0) is 6.54 Å². The van der Waals surface area contributed by atoms with Crippen molar-refractivity contribution in [3.63, 3.8) is 0 Å². The number of aromatic nitrogens is 3. The molecule has 0 bridgehead atoms. The van der Waals surface area contributed by atoms with E-state index in [1.165, 1.54) is 18.5 Å². The summed E-state index contributed by atoms with van der Waals surface area (Å²) in [7, 11) is 0. The maximum absolute atomic E-state index is 14.0. The number of fused-ring (bicyclic) bond motifs is 1. The Hall–Kier alpha value is -3.44. The molecule has 2 heterocycles. The van der Waals surface area contributed by atoms with Gasteiger partial charge in [0.15, 0.2) is 0 Å². The molecule has 0 saturated heterocycles. The Morgan fingerprint density at radius 3 is 2.89 bits per heavy atom. The summed E-state index contributed by atoms with van der Waals surface area (Å²) in [6, 6.07) is 4.21. The number of nitrogens with two attached hydrogens (primary N) is 1. The average Bonchev–Trinajstić information content (AvgIpc) is 3.41. The number of amides is 1. The highest BCUT2D eigenvalue weighted by Crippen LogP contribution is 2.23. The van der Waals surface area contributed by atoms with Crippen LogP contribution in [0, 0.1) is 17.7 Å². The van der Waals surface area contributed by atoms with Gasteiger partial charge in [-0.2, -0.15) is 0 Å². The van der Waals surface area contributed by atoms with E-state index in [0.717, 1.165) is 12.8 Å². The minimum atomic E-state index is -0.529. The van der Waals surface area contributed by atoms with E-state index in [2.05, 4.69) is 27.1 Å². The SMILES string of the molecule is Nc1ncnc2c1c(C#Cc1cc(F)cc(C(=O)NC3CC3)c1)cn2CCO. The maximum atomic E-state index is 14.0. The third kappa shape index (κ3) is 3.66. The van der Waals surface area contributed by atoms with Gasteiger partial charge in [0, 0.05) is 29.9 Å². The Bertz CT molecular complexity index is 1120. The molecule has 0 atom stereocenters. The number of anilines is 1.